The van der Waals surface area contributed by atoms with Crippen LogP contribution in [0.15, 0.2) is 48.0 Å². The van der Waals surface area contributed by atoms with Gasteiger partial charge in [-0.05, 0) is 49.6 Å². The number of nitrogens with one attached hydrogen (secondary N) is 2. The lowest BCUT2D eigenvalue weighted by atomic mass is 10.1. The summed E-state index contributed by atoms with van der Waals surface area (Å²) in [5, 5.41) is 6.96. The van der Waals surface area contributed by atoms with E-state index in [0.29, 0.717) is 39.4 Å². The van der Waals surface area contributed by atoms with E-state index in [-0.39, 0.29) is 12.8 Å². The molecular weight excluding hydrogens is 430 g/mol. The molecule has 0 bridgehead atoms. The minimum Gasteiger partial charge on any atom is -0.454 e. The van der Waals surface area contributed by atoms with Gasteiger partial charge >= 0.3 is 0 Å². The molecule has 9 nitrogen and oxygen atoms in total. The zero-order valence-electron chi connectivity index (χ0n) is 17.3. The van der Waals surface area contributed by atoms with Crippen molar-refractivity contribution >= 4 is 34.2 Å². The second kappa shape index (κ2) is 7.97. The zero-order valence-corrected chi connectivity index (χ0v) is 18.1. The molecule has 1 aliphatic heterocycles. The van der Waals surface area contributed by atoms with Crippen LogP contribution >= 0.6 is 11.3 Å². The summed E-state index contributed by atoms with van der Waals surface area (Å²) in [4.78, 5) is 31.3. The minimum atomic E-state index is -0.474. The monoisotopic (exact) mass is 449 g/mol. The van der Waals surface area contributed by atoms with Gasteiger partial charge in [0.25, 0.3) is 11.8 Å². The largest absolute Gasteiger partial charge is 0.454 e. The predicted octanol–water partition coefficient (Wildman–Crippen LogP) is 3.54. The average Bonchev–Trinajstić information content (AvgIpc) is 3.55. The number of fused-ring (bicyclic) bond motifs is 2. The third-order valence-electron chi connectivity index (χ3n) is 5.00. The van der Waals surface area contributed by atoms with Crippen LogP contribution in [-0.4, -0.2) is 33.4 Å². The Bertz CT molecular complexity index is 1330. The van der Waals surface area contributed by atoms with E-state index in [1.165, 1.54) is 11.3 Å². The van der Waals surface area contributed by atoms with Gasteiger partial charge in [0.1, 0.15) is 0 Å². The predicted molar refractivity (Wildman–Crippen MR) is 119 cm³/mol. The van der Waals surface area contributed by atoms with Gasteiger partial charge in [-0.2, -0.15) is 5.10 Å². The molecule has 0 aliphatic carbocycles. The number of thiophene rings is 1. The number of carbonyl (C=O) groups excluding carboxylic acids is 2. The molecule has 2 amide bonds. The van der Waals surface area contributed by atoms with Gasteiger partial charge in [0.15, 0.2) is 17.1 Å². The summed E-state index contributed by atoms with van der Waals surface area (Å²) in [5.74, 6) is 0.125. The van der Waals surface area contributed by atoms with E-state index in [0.717, 1.165) is 4.88 Å². The van der Waals surface area contributed by atoms with Crippen LogP contribution in [0, 0.1) is 0 Å². The second-order valence-electron chi connectivity index (χ2n) is 7.43. The number of pyridine rings is 1. The van der Waals surface area contributed by atoms with Crippen LogP contribution in [0.3, 0.4) is 0 Å². The average molecular weight is 449 g/mol. The maximum absolute atomic E-state index is 13.1. The van der Waals surface area contributed by atoms with Gasteiger partial charge in [-0.15, -0.1) is 11.3 Å². The Kier molecular flexibility index (Phi) is 4.98. The number of carbonyl (C=O) groups is 2. The standard InChI is InChI=1S/C22H19N5O4S/c1-12(2)27-20-15(10-23-27)14(9-16(24-20)19-4-3-7-32-19)22(29)26-25-21(28)13-5-6-17-18(8-13)31-11-30-17/h3-10,12H,11H2,1-2H3,(H,25,28)(H,26,29). The maximum Gasteiger partial charge on any atom is 0.270 e. The van der Waals surface area contributed by atoms with Gasteiger partial charge in [0, 0.05) is 11.6 Å². The normalized spacial score (nSPS) is 12.3. The van der Waals surface area contributed by atoms with E-state index < -0.39 is 11.8 Å². The Morgan fingerprint density at radius 3 is 2.69 bits per heavy atom. The third-order valence-corrected chi connectivity index (χ3v) is 5.89. The summed E-state index contributed by atoms with van der Waals surface area (Å²) in [6, 6.07) is 10.5. The number of benzene rings is 1. The molecule has 0 radical (unpaired) electrons. The first-order valence-corrected chi connectivity index (χ1v) is 10.8. The summed E-state index contributed by atoms with van der Waals surface area (Å²) in [7, 11) is 0. The quantitative estimate of drug-likeness (QED) is 0.462. The Balaban J connectivity index is 1.43. The summed E-state index contributed by atoms with van der Waals surface area (Å²) in [5.41, 5.74) is 6.94. The molecule has 0 spiro atoms. The fraction of sp³-hybridized carbons (Fsp3) is 0.182. The van der Waals surface area contributed by atoms with Crippen LogP contribution in [0.5, 0.6) is 11.5 Å². The summed E-state index contributed by atoms with van der Waals surface area (Å²) in [6.07, 6.45) is 1.62. The molecule has 0 atom stereocenters. The summed E-state index contributed by atoms with van der Waals surface area (Å²) in [6.45, 7) is 4.11. The highest BCUT2D eigenvalue weighted by atomic mass is 32.1. The van der Waals surface area contributed by atoms with Crippen molar-refractivity contribution in [2.24, 2.45) is 0 Å². The number of rotatable bonds is 4. The molecule has 0 saturated carbocycles. The van der Waals surface area contributed by atoms with Gasteiger partial charge in [0.2, 0.25) is 6.79 Å². The van der Waals surface area contributed by atoms with Crippen LogP contribution in [0.25, 0.3) is 21.6 Å². The molecule has 4 aromatic rings. The summed E-state index contributed by atoms with van der Waals surface area (Å²) < 4.78 is 12.3. The zero-order chi connectivity index (χ0) is 22.2. The Labute approximate surface area is 186 Å². The van der Waals surface area contributed by atoms with Crippen molar-refractivity contribution in [3.05, 3.63) is 59.1 Å². The van der Waals surface area contributed by atoms with Crippen molar-refractivity contribution in [2.75, 3.05) is 6.79 Å². The Morgan fingerprint density at radius 1 is 1.09 bits per heavy atom. The summed E-state index contributed by atoms with van der Waals surface area (Å²) >= 11 is 1.53. The lowest BCUT2D eigenvalue weighted by Crippen LogP contribution is -2.41. The molecule has 3 aromatic heterocycles. The fourth-order valence-electron chi connectivity index (χ4n) is 3.43. The first-order valence-electron chi connectivity index (χ1n) is 9.93. The first-order chi connectivity index (χ1) is 15.5. The first kappa shape index (κ1) is 20.0. The Morgan fingerprint density at radius 2 is 1.91 bits per heavy atom. The number of hydrazine groups is 1. The van der Waals surface area contributed by atoms with E-state index in [9.17, 15) is 9.59 Å². The molecule has 32 heavy (non-hydrogen) atoms. The van der Waals surface area contributed by atoms with Gasteiger partial charge in [0.05, 0.1) is 27.7 Å². The third kappa shape index (κ3) is 3.54. The topological polar surface area (TPSA) is 107 Å². The highest BCUT2D eigenvalue weighted by Gasteiger charge is 2.20. The second-order valence-corrected chi connectivity index (χ2v) is 8.38. The number of hydrogen-bond donors (Lipinski definition) is 2. The molecule has 4 heterocycles. The van der Waals surface area contributed by atoms with Crippen LogP contribution in [-0.2, 0) is 0 Å². The lowest BCUT2D eigenvalue weighted by Gasteiger charge is -2.11. The molecule has 1 aliphatic rings. The van der Waals surface area contributed by atoms with E-state index in [1.807, 2.05) is 31.4 Å². The fourth-order valence-corrected chi connectivity index (χ4v) is 4.11. The number of nitrogens with zero attached hydrogens (tertiary/aromatic N) is 3. The minimum absolute atomic E-state index is 0.0696. The van der Waals surface area contributed by atoms with Gasteiger partial charge in [-0.1, -0.05) is 6.07 Å². The lowest BCUT2D eigenvalue weighted by molar-refractivity contribution is 0.0847. The van der Waals surface area contributed by atoms with Gasteiger partial charge in [-0.25, -0.2) is 9.67 Å². The SMILES string of the molecule is CC(C)n1ncc2c(C(=O)NNC(=O)c3ccc4c(c3)OCO4)cc(-c3cccs3)nc21. The van der Waals surface area contributed by atoms with Crippen LogP contribution in [0.2, 0.25) is 0 Å². The smallest absolute Gasteiger partial charge is 0.270 e. The molecular formula is C22H19N5O4S. The molecule has 0 saturated heterocycles. The van der Waals surface area contributed by atoms with E-state index in [4.69, 9.17) is 14.5 Å². The molecule has 0 unspecified atom stereocenters. The van der Waals surface area contributed by atoms with E-state index >= 15 is 0 Å². The van der Waals surface area contributed by atoms with E-state index in [2.05, 4.69) is 16.0 Å². The molecule has 162 valence electrons. The molecule has 5 rings (SSSR count). The van der Waals surface area contributed by atoms with Crippen molar-refractivity contribution in [1.82, 2.24) is 25.6 Å². The van der Waals surface area contributed by atoms with Gasteiger partial charge < -0.3 is 9.47 Å². The van der Waals surface area contributed by atoms with E-state index in [1.54, 1.807) is 35.1 Å². The Hall–Kier alpha value is -3.92. The van der Waals surface area contributed by atoms with Crippen molar-refractivity contribution in [2.45, 2.75) is 19.9 Å². The van der Waals surface area contributed by atoms with Crippen LogP contribution in [0.1, 0.15) is 40.6 Å². The number of hydrogen-bond acceptors (Lipinski definition) is 7. The van der Waals surface area contributed by atoms with Crippen molar-refractivity contribution in [3.63, 3.8) is 0 Å². The number of amides is 2. The molecule has 0 fully saturated rings. The van der Waals surface area contributed by atoms with Crippen LogP contribution < -0.4 is 20.3 Å². The van der Waals surface area contributed by atoms with Crippen molar-refractivity contribution in [3.8, 4) is 22.1 Å². The van der Waals surface area contributed by atoms with Gasteiger partial charge in [-0.3, -0.25) is 20.4 Å². The molecule has 1 aromatic carbocycles. The van der Waals surface area contributed by atoms with Crippen LogP contribution in [0.4, 0.5) is 0 Å². The van der Waals surface area contributed by atoms with Crippen molar-refractivity contribution < 1.29 is 19.1 Å². The number of aromatic nitrogens is 3. The highest BCUT2D eigenvalue weighted by molar-refractivity contribution is 7.13. The molecule has 2 N–H and O–H groups in total. The van der Waals surface area contributed by atoms with Crippen molar-refractivity contribution in [1.29, 1.82) is 0 Å². The maximum atomic E-state index is 13.1. The molecule has 10 heteroatoms. The highest BCUT2D eigenvalue weighted by Crippen LogP contribution is 2.32. The number of ether oxygens (including phenoxy) is 2.